The van der Waals surface area contributed by atoms with Crippen molar-refractivity contribution in [3.05, 3.63) is 63.1 Å². The number of nitrogens with zero attached hydrogens (tertiary/aromatic N) is 4. The van der Waals surface area contributed by atoms with Crippen LogP contribution in [0.25, 0.3) is 10.9 Å². The average Bonchev–Trinajstić information content (AvgIpc) is 2.91. The molecule has 0 atom stereocenters. The summed E-state index contributed by atoms with van der Waals surface area (Å²) in [5.41, 5.74) is 0.426. The fourth-order valence-corrected chi connectivity index (χ4v) is 2.38. The average molecular weight is 333 g/mol. The maximum Gasteiger partial charge on any atom is 0.363 e. The number of carboxylic acids is 1. The van der Waals surface area contributed by atoms with Crippen molar-refractivity contribution in [1.29, 1.82) is 0 Å². The van der Waals surface area contributed by atoms with Gasteiger partial charge >= 0.3 is 11.7 Å². The lowest BCUT2D eigenvalue weighted by Gasteiger charge is -2.04. The van der Waals surface area contributed by atoms with Gasteiger partial charge < -0.3 is 5.11 Å². The van der Waals surface area contributed by atoms with E-state index in [0.29, 0.717) is 5.02 Å². The van der Waals surface area contributed by atoms with E-state index in [4.69, 9.17) is 16.7 Å². The molecule has 0 aliphatic carbocycles. The van der Waals surface area contributed by atoms with Crippen molar-refractivity contribution in [2.45, 2.75) is 6.54 Å². The fourth-order valence-electron chi connectivity index (χ4n) is 2.22. The van der Waals surface area contributed by atoms with E-state index in [1.165, 1.54) is 4.68 Å². The van der Waals surface area contributed by atoms with E-state index in [1.54, 1.807) is 24.4 Å². The highest BCUT2D eigenvalue weighted by molar-refractivity contribution is 6.31. The van der Waals surface area contributed by atoms with Gasteiger partial charge in [0.25, 0.3) is 0 Å². The first-order chi connectivity index (χ1) is 10.9. The van der Waals surface area contributed by atoms with Crippen molar-refractivity contribution in [2.24, 2.45) is 0 Å². The molecular weight excluding hydrogens is 324 g/mol. The molecule has 23 heavy (non-hydrogen) atoms. The van der Waals surface area contributed by atoms with Crippen molar-refractivity contribution < 1.29 is 14.8 Å². The zero-order valence-corrected chi connectivity index (χ0v) is 12.3. The number of hydrogen-bond acceptors (Lipinski definition) is 5. The first-order valence-corrected chi connectivity index (χ1v) is 6.81. The number of benzene rings is 1. The number of rotatable bonds is 4. The summed E-state index contributed by atoms with van der Waals surface area (Å²) < 4.78 is 1.22. The first-order valence-electron chi connectivity index (χ1n) is 6.43. The number of hydrogen-bond donors (Lipinski definition) is 1. The lowest BCUT2D eigenvalue weighted by molar-refractivity contribution is -0.385. The monoisotopic (exact) mass is 332 g/mol. The topological polar surface area (TPSA) is 111 Å². The molecule has 3 rings (SSSR count). The van der Waals surface area contributed by atoms with Gasteiger partial charge in [0.2, 0.25) is 5.69 Å². The van der Waals surface area contributed by atoms with Crippen LogP contribution < -0.4 is 0 Å². The highest BCUT2D eigenvalue weighted by atomic mass is 35.5. The minimum Gasteiger partial charge on any atom is -0.476 e. The third kappa shape index (κ3) is 2.97. The second kappa shape index (κ2) is 5.65. The Morgan fingerprint density at radius 3 is 2.83 bits per heavy atom. The molecule has 0 spiro atoms. The molecular formula is C14H9ClN4O4. The molecule has 0 saturated heterocycles. The molecule has 1 aromatic carbocycles. The maximum atomic E-state index is 11.0. The van der Waals surface area contributed by atoms with Gasteiger partial charge in [-0.15, -0.1) is 0 Å². The van der Waals surface area contributed by atoms with Crippen LogP contribution in [0.3, 0.4) is 0 Å². The van der Waals surface area contributed by atoms with Gasteiger partial charge in [0.1, 0.15) is 6.20 Å². The molecule has 0 aliphatic heterocycles. The molecule has 0 bridgehead atoms. The Labute approximate surface area is 134 Å². The summed E-state index contributed by atoms with van der Waals surface area (Å²) in [6.07, 6.45) is 2.64. The van der Waals surface area contributed by atoms with Crippen molar-refractivity contribution in [1.82, 2.24) is 14.8 Å². The summed E-state index contributed by atoms with van der Waals surface area (Å²) in [6, 6.07) is 7.15. The molecule has 2 aromatic heterocycles. The van der Waals surface area contributed by atoms with Crippen LogP contribution in [0, 0.1) is 10.1 Å². The summed E-state index contributed by atoms with van der Waals surface area (Å²) in [7, 11) is 0. The number of aromatic nitrogens is 3. The maximum absolute atomic E-state index is 11.0. The predicted molar refractivity (Wildman–Crippen MR) is 81.7 cm³/mol. The second-order valence-corrected chi connectivity index (χ2v) is 5.24. The Morgan fingerprint density at radius 1 is 1.39 bits per heavy atom. The number of nitro groups is 1. The lowest BCUT2D eigenvalue weighted by atomic mass is 10.1. The van der Waals surface area contributed by atoms with Gasteiger partial charge in [-0.05, 0) is 23.8 Å². The number of halogens is 1. The largest absolute Gasteiger partial charge is 0.476 e. The summed E-state index contributed by atoms with van der Waals surface area (Å²) in [6.45, 7) is 0.191. The third-order valence-corrected chi connectivity index (χ3v) is 3.41. The van der Waals surface area contributed by atoms with Crippen LogP contribution >= 0.6 is 11.6 Å². The van der Waals surface area contributed by atoms with Crippen LogP contribution in [0.4, 0.5) is 5.69 Å². The van der Waals surface area contributed by atoms with E-state index in [1.807, 2.05) is 6.07 Å². The van der Waals surface area contributed by atoms with Crippen LogP contribution in [-0.2, 0) is 6.54 Å². The molecule has 0 radical (unpaired) electrons. The molecule has 1 N–H and O–H groups in total. The van der Waals surface area contributed by atoms with Gasteiger partial charge in [0.05, 0.1) is 22.0 Å². The summed E-state index contributed by atoms with van der Waals surface area (Å²) in [4.78, 5) is 25.3. The van der Waals surface area contributed by atoms with Crippen molar-refractivity contribution in [2.75, 3.05) is 0 Å². The smallest absolute Gasteiger partial charge is 0.363 e. The van der Waals surface area contributed by atoms with Gasteiger partial charge in [-0.2, -0.15) is 5.10 Å². The molecule has 9 heteroatoms. The highest BCUT2D eigenvalue weighted by Crippen LogP contribution is 2.20. The van der Waals surface area contributed by atoms with Crippen molar-refractivity contribution in [3.63, 3.8) is 0 Å². The zero-order valence-electron chi connectivity index (χ0n) is 11.5. The van der Waals surface area contributed by atoms with E-state index in [2.05, 4.69) is 10.1 Å². The minimum atomic E-state index is -1.44. The van der Waals surface area contributed by atoms with E-state index < -0.39 is 22.3 Å². The van der Waals surface area contributed by atoms with Gasteiger partial charge in [-0.3, -0.25) is 19.8 Å². The SMILES string of the molecule is O=C(O)c1nn(Cc2ccc3ncc(Cl)cc3c2)cc1[N+](=O)[O-]. The Hall–Kier alpha value is -3.00. The number of carboxylic acid groups (broad SMARTS) is 1. The van der Waals surface area contributed by atoms with Crippen LogP contribution in [0.5, 0.6) is 0 Å². The van der Waals surface area contributed by atoms with Crippen LogP contribution in [0.2, 0.25) is 5.02 Å². The predicted octanol–water partition coefficient (Wildman–Crippen LogP) is 2.74. The van der Waals surface area contributed by atoms with Gasteiger partial charge in [-0.25, -0.2) is 4.79 Å². The standard InChI is InChI=1S/C14H9ClN4O4/c15-10-4-9-3-8(1-2-11(9)16-5-10)6-18-7-12(19(22)23)13(17-18)14(20)21/h1-5,7H,6H2,(H,20,21). The van der Waals surface area contributed by atoms with Crippen LogP contribution in [-0.4, -0.2) is 30.8 Å². The molecule has 2 heterocycles. The van der Waals surface area contributed by atoms with Crippen molar-refractivity contribution >= 4 is 34.2 Å². The Morgan fingerprint density at radius 2 is 2.17 bits per heavy atom. The van der Waals surface area contributed by atoms with E-state index >= 15 is 0 Å². The summed E-state index contributed by atoms with van der Waals surface area (Å²) >= 11 is 5.90. The normalized spacial score (nSPS) is 10.8. The molecule has 0 amide bonds. The highest BCUT2D eigenvalue weighted by Gasteiger charge is 2.25. The number of pyridine rings is 1. The number of carbonyl (C=O) groups is 1. The quantitative estimate of drug-likeness (QED) is 0.580. The molecule has 8 nitrogen and oxygen atoms in total. The molecule has 0 unspecified atom stereocenters. The van der Waals surface area contributed by atoms with Gasteiger partial charge in [0, 0.05) is 11.6 Å². The van der Waals surface area contributed by atoms with Crippen LogP contribution in [0.1, 0.15) is 16.1 Å². The third-order valence-electron chi connectivity index (χ3n) is 3.20. The number of fused-ring (bicyclic) bond motifs is 1. The van der Waals surface area contributed by atoms with Crippen molar-refractivity contribution in [3.8, 4) is 0 Å². The Bertz CT molecular complexity index is 906. The summed E-state index contributed by atoms with van der Waals surface area (Å²) in [5.74, 6) is -1.44. The first kappa shape index (κ1) is 14.9. The molecule has 0 fully saturated rings. The van der Waals surface area contributed by atoms with E-state index in [0.717, 1.165) is 22.7 Å². The van der Waals surface area contributed by atoms with Crippen LogP contribution in [0.15, 0.2) is 36.7 Å². The van der Waals surface area contributed by atoms with Gasteiger partial charge in [-0.1, -0.05) is 17.7 Å². The molecule has 0 saturated carbocycles. The second-order valence-electron chi connectivity index (χ2n) is 4.80. The zero-order chi connectivity index (χ0) is 16.6. The molecule has 3 aromatic rings. The molecule has 0 aliphatic rings. The summed E-state index contributed by atoms with van der Waals surface area (Å²) in [5, 5.41) is 24.9. The van der Waals surface area contributed by atoms with E-state index in [-0.39, 0.29) is 6.54 Å². The molecule has 116 valence electrons. The number of aromatic carboxylic acids is 1. The Balaban J connectivity index is 1.97. The Kier molecular flexibility index (Phi) is 3.67. The fraction of sp³-hybridized carbons (Fsp3) is 0.0714. The van der Waals surface area contributed by atoms with Gasteiger partial charge in [0.15, 0.2) is 0 Å². The van der Waals surface area contributed by atoms with E-state index in [9.17, 15) is 14.9 Å². The minimum absolute atomic E-state index is 0.191. The lowest BCUT2D eigenvalue weighted by Crippen LogP contribution is -2.04.